The van der Waals surface area contributed by atoms with Gasteiger partial charge >= 0.3 is 0 Å². The topological polar surface area (TPSA) is 45.7 Å². The first-order chi connectivity index (χ1) is 11.3. The molecule has 3 saturated heterocycles. The van der Waals surface area contributed by atoms with Crippen LogP contribution in [-0.2, 0) is 16.1 Å². The Labute approximate surface area is 137 Å². The summed E-state index contributed by atoms with van der Waals surface area (Å²) < 4.78 is 5.94. The number of fused-ring (bicyclic) bond motifs is 1. The zero-order valence-corrected chi connectivity index (χ0v) is 13.6. The predicted molar refractivity (Wildman–Crippen MR) is 86.7 cm³/mol. The molecule has 3 aliphatic rings. The Morgan fingerprint density at radius 2 is 2.04 bits per heavy atom. The van der Waals surface area contributed by atoms with Crippen LogP contribution in [0.15, 0.2) is 24.5 Å². The van der Waals surface area contributed by atoms with Crippen molar-refractivity contribution >= 4 is 5.91 Å². The Morgan fingerprint density at radius 1 is 1.26 bits per heavy atom. The van der Waals surface area contributed by atoms with Crippen molar-refractivity contribution in [2.45, 2.75) is 44.4 Å². The zero-order valence-electron chi connectivity index (χ0n) is 13.6. The summed E-state index contributed by atoms with van der Waals surface area (Å²) in [5.41, 5.74) is 1.26. The molecule has 3 fully saturated rings. The van der Waals surface area contributed by atoms with Gasteiger partial charge in [-0.2, -0.15) is 0 Å². The van der Waals surface area contributed by atoms with E-state index in [1.807, 2.05) is 12.4 Å². The van der Waals surface area contributed by atoms with E-state index in [0.717, 1.165) is 58.5 Å². The molecule has 3 aliphatic heterocycles. The predicted octanol–water partition coefficient (Wildman–Crippen LogP) is 1.68. The van der Waals surface area contributed by atoms with E-state index in [9.17, 15) is 4.79 Å². The SMILES string of the molecule is O=C([C@@H]1C[C@@H]2OCC[C@@H]2N(Cc2ccncc2)C1)N1CCCC1. The molecule has 0 unspecified atom stereocenters. The van der Waals surface area contributed by atoms with Crippen LogP contribution in [0.25, 0.3) is 0 Å². The lowest BCUT2D eigenvalue weighted by atomic mass is 9.88. The number of likely N-dealkylation sites (tertiary alicyclic amines) is 2. The van der Waals surface area contributed by atoms with E-state index in [4.69, 9.17) is 4.74 Å². The minimum Gasteiger partial charge on any atom is -0.377 e. The van der Waals surface area contributed by atoms with E-state index in [-0.39, 0.29) is 12.0 Å². The van der Waals surface area contributed by atoms with Gasteiger partial charge in [-0.05, 0) is 43.4 Å². The lowest BCUT2D eigenvalue weighted by Gasteiger charge is -2.41. The minimum atomic E-state index is 0.0919. The molecule has 5 nitrogen and oxygen atoms in total. The summed E-state index contributed by atoms with van der Waals surface area (Å²) in [4.78, 5) is 21.4. The van der Waals surface area contributed by atoms with Crippen molar-refractivity contribution in [2.75, 3.05) is 26.2 Å². The molecule has 0 aliphatic carbocycles. The summed E-state index contributed by atoms with van der Waals surface area (Å²) in [6.45, 7) is 4.45. The highest BCUT2D eigenvalue weighted by Crippen LogP contribution is 2.33. The van der Waals surface area contributed by atoms with Crippen LogP contribution in [0.2, 0.25) is 0 Å². The van der Waals surface area contributed by atoms with Crippen molar-refractivity contribution in [3.05, 3.63) is 30.1 Å². The summed E-state index contributed by atoms with van der Waals surface area (Å²) in [6, 6.07) is 4.60. The van der Waals surface area contributed by atoms with Crippen molar-refractivity contribution in [1.82, 2.24) is 14.8 Å². The maximum atomic E-state index is 12.8. The van der Waals surface area contributed by atoms with E-state index in [2.05, 4.69) is 26.9 Å². The van der Waals surface area contributed by atoms with Crippen molar-refractivity contribution < 1.29 is 9.53 Å². The summed E-state index contributed by atoms with van der Waals surface area (Å²) in [5, 5.41) is 0. The van der Waals surface area contributed by atoms with Crippen LogP contribution < -0.4 is 0 Å². The van der Waals surface area contributed by atoms with Crippen molar-refractivity contribution in [1.29, 1.82) is 0 Å². The molecule has 4 rings (SSSR count). The maximum Gasteiger partial charge on any atom is 0.227 e. The monoisotopic (exact) mass is 315 g/mol. The fourth-order valence-electron chi connectivity index (χ4n) is 4.33. The van der Waals surface area contributed by atoms with Crippen molar-refractivity contribution in [2.24, 2.45) is 5.92 Å². The average molecular weight is 315 g/mol. The highest BCUT2D eigenvalue weighted by Gasteiger charge is 2.43. The standard InChI is InChI=1S/C18H25N3O2/c22-18(20-8-1-2-9-20)15-11-17-16(5-10-23-17)21(13-15)12-14-3-6-19-7-4-14/h3-4,6-7,15-17H,1-2,5,8-13H2/t15-,16+,17+/m1/s1. The van der Waals surface area contributed by atoms with Gasteiger partial charge in [-0.15, -0.1) is 0 Å². The van der Waals surface area contributed by atoms with Crippen LogP contribution >= 0.6 is 0 Å². The lowest BCUT2D eigenvalue weighted by Crippen LogP contribution is -2.52. The fourth-order valence-corrected chi connectivity index (χ4v) is 4.33. The number of carbonyl (C=O) groups is 1. The maximum absolute atomic E-state index is 12.8. The van der Waals surface area contributed by atoms with Crippen LogP contribution in [0.4, 0.5) is 0 Å². The van der Waals surface area contributed by atoms with Gasteiger partial charge in [0, 0.05) is 51.2 Å². The van der Waals surface area contributed by atoms with Gasteiger partial charge in [-0.3, -0.25) is 14.7 Å². The van der Waals surface area contributed by atoms with Crippen LogP contribution in [0.5, 0.6) is 0 Å². The number of pyridine rings is 1. The molecular weight excluding hydrogens is 290 g/mol. The van der Waals surface area contributed by atoms with Gasteiger partial charge in [0.1, 0.15) is 0 Å². The third kappa shape index (κ3) is 3.12. The highest BCUT2D eigenvalue weighted by molar-refractivity contribution is 5.79. The normalized spacial score (nSPS) is 31.3. The first-order valence-corrected chi connectivity index (χ1v) is 8.84. The number of ether oxygens (including phenoxy) is 1. The number of hydrogen-bond acceptors (Lipinski definition) is 4. The molecule has 124 valence electrons. The molecule has 5 heteroatoms. The van der Waals surface area contributed by atoms with E-state index in [1.54, 1.807) is 0 Å². The summed E-state index contributed by atoms with van der Waals surface area (Å²) in [6.07, 6.45) is 8.20. The molecule has 23 heavy (non-hydrogen) atoms. The van der Waals surface area contributed by atoms with Gasteiger partial charge in [0.25, 0.3) is 0 Å². The van der Waals surface area contributed by atoms with Crippen LogP contribution in [0.3, 0.4) is 0 Å². The van der Waals surface area contributed by atoms with E-state index in [1.165, 1.54) is 5.56 Å². The van der Waals surface area contributed by atoms with Crippen molar-refractivity contribution in [3.63, 3.8) is 0 Å². The molecule has 0 N–H and O–H groups in total. The average Bonchev–Trinajstić information content (AvgIpc) is 3.26. The first kappa shape index (κ1) is 15.1. The molecule has 1 aromatic rings. The third-order valence-electron chi connectivity index (χ3n) is 5.52. The summed E-state index contributed by atoms with van der Waals surface area (Å²) in [7, 11) is 0. The molecule has 0 aromatic carbocycles. The number of carbonyl (C=O) groups excluding carboxylic acids is 1. The molecule has 1 aromatic heterocycles. The quantitative estimate of drug-likeness (QED) is 0.851. The number of piperidine rings is 1. The van der Waals surface area contributed by atoms with Crippen LogP contribution in [-0.4, -0.2) is 59.1 Å². The summed E-state index contributed by atoms with van der Waals surface area (Å²) in [5.74, 6) is 0.436. The van der Waals surface area contributed by atoms with Crippen LogP contribution in [0.1, 0.15) is 31.2 Å². The van der Waals surface area contributed by atoms with Gasteiger partial charge in [-0.1, -0.05) is 0 Å². The molecule has 0 saturated carbocycles. The smallest absolute Gasteiger partial charge is 0.227 e. The molecule has 3 atom stereocenters. The van der Waals surface area contributed by atoms with Crippen LogP contribution in [0, 0.1) is 5.92 Å². The highest BCUT2D eigenvalue weighted by atomic mass is 16.5. The molecule has 0 radical (unpaired) electrons. The first-order valence-electron chi connectivity index (χ1n) is 8.84. The number of amides is 1. The van der Waals surface area contributed by atoms with E-state index in [0.29, 0.717) is 11.9 Å². The van der Waals surface area contributed by atoms with Gasteiger partial charge in [0.15, 0.2) is 0 Å². The Bertz CT molecular complexity index is 544. The van der Waals surface area contributed by atoms with E-state index >= 15 is 0 Å². The number of hydrogen-bond donors (Lipinski definition) is 0. The Balaban J connectivity index is 1.49. The number of aromatic nitrogens is 1. The molecule has 4 heterocycles. The lowest BCUT2D eigenvalue weighted by molar-refractivity contribution is -0.139. The molecule has 0 spiro atoms. The second kappa shape index (κ2) is 6.57. The largest absolute Gasteiger partial charge is 0.377 e. The third-order valence-corrected chi connectivity index (χ3v) is 5.52. The zero-order chi connectivity index (χ0) is 15.6. The van der Waals surface area contributed by atoms with Crippen molar-refractivity contribution in [3.8, 4) is 0 Å². The Morgan fingerprint density at radius 3 is 2.83 bits per heavy atom. The minimum absolute atomic E-state index is 0.0919. The van der Waals surface area contributed by atoms with Gasteiger partial charge in [0.05, 0.1) is 12.0 Å². The molecule has 1 amide bonds. The van der Waals surface area contributed by atoms with Gasteiger partial charge < -0.3 is 9.64 Å². The second-order valence-corrected chi connectivity index (χ2v) is 7.02. The second-order valence-electron chi connectivity index (χ2n) is 7.02. The van der Waals surface area contributed by atoms with E-state index < -0.39 is 0 Å². The number of nitrogens with zero attached hydrogens (tertiary/aromatic N) is 3. The Kier molecular flexibility index (Phi) is 4.31. The van der Waals surface area contributed by atoms with Gasteiger partial charge in [-0.25, -0.2) is 0 Å². The molecule has 0 bridgehead atoms. The molecular formula is C18H25N3O2. The Hall–Kier alpha value is -1.46. The summed E-state index contributed by atoms with van der Waals surface area (Å²) >= 11 is 0. The van der Waals surface area contributed by atoms with Gasteiger partial charge in [0.2, 0.25) is 5.91 Å². The number of rotatable bonds is 3. The fraction of sp³-hybridized carbons (Fsp3) is 0.667.